The largest absolute Gasteiger partial charge is 0.507 e. The SMILES string of the molecule is NC(N)=C(/C=C(\N)c1ccccc1O)/C=C/Cc1ccccc1. The highest BCUT2D eigenvalue weighted by Gasteiger charge is 2.04. The summed E-state index contributed by atoms with van der Waals surface area (Å²) in [6.07, 6.45) is 6.22. The molecule has 0 aliphatic rings. The maximum atomic E-state index is 9.84. The molecule has 2 aromatic rings. The summed E-state index contributed by atoms with van der Waals surface area (Å²) in [6.45, 7) is 0. The van der Waals surface area contributed by atoms with Crippen molar-refractivity contribution in [3.8, 4) is 5.75 Å². The van der Waals surface area contributed by atoms with E-state index in [0.29, 0.717) is 16.8 Å². The molecule has 118 valence electrons. The van der Waals surface area contributed by atoms with E-state index < -0.39 is 0 Å². The molecule has 2 rings (SSSR count). The third-order valence-electron chi connectivity index (χ3n) is 3.35. The molecule has 4 nitrogen and oxygen atoms in total. The van der Waals surface area contributed by atoms with Crippen LogP contribution in [0.4, 0.5) is 0 Å². The summed E-state index contributed by atoms with van der Waals surface area (Å²) in [6, 6.07) is 16.9. The van der Waals surface area contributed by atoms with Gasteiger partial charge in [-0.05, 0) is 30.2 Å². The van der Waals surface area contributed by atoms with Crippen LogP contribution >= 0.6 is 0 Å². The number of aromatic hydroxyl groups is 1. The van der Waals surface area contributed by atoms with Crippen LogP contribution in [-0.2, 0) is 6.42 Å². The zero-order valence-corrected chi connectivity index (χ0v) is 12.8. The molecule has 0 aromatic heterocycles. The van der Waals surface area contributed by atoms with Gasteiger partial charge >= 0.3 is 0 Å². The van der Waals surface area contributed by atoms with Crippen molar-refractivity contribution in [3.63, 3.8) is 0 Å². The van der Waals surface area contributed by atoms with Gasteiger partial charge in [-0.25, -0.2) is 0 Å². The zero-order chi connectivity index (χ0) is 16.7. The van der Waals surface area contributed by atoms with Crippen LogP contribution in [0.25, 0.3) is 5.70 Å². The monoisotopic (exact) mass is 307 g/mol. The second-order valence-electron chi connectivity index (χ2n) is 5.12. The topological polar surface area (TPSA) is 98.3 Å². The van der Waals surface area contributed by atoms with Gasteiger partial charge in [-0.2, -0.15) is 0 Å². The first-order chi connectivity index (χ1) is 11.1. The van der Waals surface area contributed by atoms with Gasteiger partial charge in [-0.15, -0.1) is 0 Å². The molecular weight excluding hydrogens is 286 g/mol. The lowest BCUT2D eigenvalue weighted by atomic mass is 10.1. The van der Waals surface area contributed by atoms with Crippen LogP contribution in [0.3, 0.4) is 0 Å². The minimum absolute atomic E-state index is 0.115. The van der Waals surface area contributed by atoms with Crippen LogP contribution in [0, 0.1) is 0 Å². The van der Waals surface area contributed by atoms with Crippen molar-refractivity contribution in [2.75, 3.05) is 0 Å². The predicted octanol–water partition coefficient (Wildman–Crippen LogP) is 2.62. The molecule has 7 N–H and O–H groups in total. The van der Waals surface area contributed by atoms with Crippen molar-refractivity contribution in [2.45, 2.75) is 6.42 Å². The van der Waals surface area contributed by atoms with Crippen LogP contribution < -0.4 is 17.2 Å². The highest BCUT2D eigenvalue weighted by atomic mass is 16.3. The second-order valence-corrected chi connectivity index (χ2v) is 5.12. The quantitative estimate of drug-likeness (QED) is 0.638. The molecule has 23 heavy (non-hydrogen) atoms. The number of phenols is 1. The van der Waals surface area contributed by atoms with E-state index in [1.54, 1.807) is 30.3 Å². The van der Waals surface area contributed by atoms with Crippen molar-refractivity contribution in [3.05, 3.63) is 95.3 Å². The molecule has 0 atom stereocenters. The molecule has 0 amide bonds. The van der Waals surface area contributed by atoms with Gasteiger partial charge in [0.15, 0.2) is 0 Å². The summed E-state index contributed by atoms with van der Waals surface area (Å²) >= 11 is 0. The van der Waals surface area contributed by atoms with E-state index >= 15 is 0 Å². The summed E-state index contributed by atoms with van der Waals surface area (Å²) in [5.41, 5.74) is 20.2. The minimum Gasteiger partial charge on any atom is -0.507 e. The smallest absolute Gasteiger partial charge is 0.124 e. The van der Waals surface area contributed by atoms with Crippen LogP contribution in [0.2, 0.25) is 0 Å². The van der Waals surface area contributed by atoms with Crippen molar-refractivity contribution in [1.29, 1.82) is 0 Å². The Labute approximate surface area is 136 Å². The van der Waals surface area contributed by atoms with Crippen molar-refractivity contribution in [2.24, 2.45) is 17.2 Å². The van der Waals surface area contributed by atoms with E-state index in [4.69, 9.17) is 17.2 Å². The maximum absolute atomic E-state index is 9.84. The molecular formula is C19H21N3O. The number of allylic oxidation sites excluding steroid dienone is 4. The van der Waals surface area contributed by atoms with Gasteiger partial charge in [0.25, 0.3) is 0 Å². The molecule has 0 radical (unpaired) electrons. The van der Waals surface area contributed by atoms with Gasteiger partial charge in [-0.3, -0.25) is 0 Å². The summed E-state index contributed by atoms with van der Waals surface area (Å²) in [5.74, 6) is 0.289. The van der Waals surface area contributed by atoms with E-state index in [0.717, 1.165) is 6.42 Å². The Hall–Kier alpha value is -3.14. The fourth-order valence-electron chi connectivity index (χ4n) is 2.13. The van der Waals surface area contributed by atoms with E-state index in [-0.39, 0.29) is 11.6 Å². The molecule has 0 aliphatic carbocycles. The standard InChI is InChI=1S/C19H21N3O/c20-17(16-11-4-5-12-18(16)23)13-15(19(21)22)10-6-9-14-7-2-1-3-8-14/h1-8,10-13,23H,9,20-22H2/b10-6+,17-13-. The lowest BCUT2D eigenvalue weighted by Crippen LogP contribution is -2.11. The summed E-state index contributed by atoms with van der Waals surface area (Å²) < 4.78 is 0. The Kier molecular flexibility index (Phi) is 5.47. The molecule has 0 bridgehead atoms. The Morgan fingerprint density at radius 3 is 2.22 bits per heavy atom. The van der Waals surface area contributed by atoms with Gasteiger partial charge in [0.1, 0.15) is 11.6 Å². The average Bonchev–Trinajstić information content (AvgIpc) is 2.55. The Morgan fingerprint density at radius 2 is 1.57 bits per heavy atom. The van der Waals surface area contributed by atoms with Crippen LogP contribution in [0.5, 0.6) is 5.75 Å². The Morgan fingerprint density at radius 1 is 0.913 bits per heavy atom. The number of hydrogen-bond acceptors (Lipinski definition) is 4. The molecule has 0 spiro atoms. The number of nitrogens with two attached hydrogens (primary N) is 3. The number of rotatable bonds is 5. The Bertz CT molecular complexity index is 742. The number of benzene rings is 2. The minimum atomic E-state index is 0.115. The summed E-state index contributed by atoms with van der Waals surface area (Å²) in [7, 11) is 0. The fraction of sp³-hybridized carbons (Fsp3) is 0.0526. The van der Waals surface area contributed by atoms with E-state index in [2.05, 4.69) is 0 Å². The molecule has 0 unspecified atom stereocenters. The first-order valence-corrected chi connectivity index (χ1v) is 7.29. The molecule has 0 heterocycles. The van der Waals surface area contributed by atoms with E-state index in [1.807, 2.05) is 42.5 Å². The van der Waals surface area contributed by atoms with Crippen molar-refractivity contribution < 1.29 is 5.11 Å². The van der Waals surface area contributed by atoms with Gasteiger partial charge in [0.05, 0.1) is 0 Å². The van der Waals surface area contributed by atoms with Gasteiger partial charge < -0.3 is 22.3 Å². The second kappa shape index (κ2) is 7.75. The van der Waals surface area contributed by atoms with E-state index in [1.165, 1.54) is 5.56 Å². The molecule has 0 aliphatic heterocycles. The van der Waals surface area contributed by atoms with E-state index in [9.17, 15) is 5.11 Å². The number of para-hydroxylation sites is 1. The van der Waals surface area contributed by atoms with Crippen LogP contribution in [-0.4, -0.2) is 5.11 Å². The highest BCUT2D eigenvalue weighted by molar-refractivity contribution is 5.70. The first kappa shape index (κ1) is 16.2. The normalized spacial score (nSPS) is 11.6. The third-order valence-corrected chi connectivity index (χ3v) is 3.35. The fourth-order valence-corrected chi connectivity index (χ4v) is 2.13. The van der Waals surface area contributed by atoms with Crippen molar-refractivity contribution >= 4 is 5.70 Å². The average molecular weight is 307 g/mol. The van der Waals surface area contributed by atoms with Gasteiger partial charge in [0.2, 0.25) is 0 Å². The molecule has 0 saturated heterocycles. The van der Waals surface area contributed by atoms with Crippen LogP contribution in [0.1, 0.15) is 11.1 Å². The molecule has 4 heteroatoms. The maximum Gasteiger partial charge on any atom is 0.124 e. The zero-order valence-electron chi connectivity index (χ0n) is 12.8. The summed E-state index contributed by atoms with van der Waals surface area (Å²) in [4.78, 5) is 0. The predicted molar refractivity (Wildman–Crippen MR) is 95.0 cm³/mol. The molecule has 0 saturated carbocycles. The lowest BCUT2D eigenvalue weighted by Gasteiger charge is -2.06. The Balaban J connectivity index is 2.18. The number of phenolic OH excluding ortho intramolecular Hbond substituents is 1. The van der Waals surface area contributed by atoms with Gasteiger partial charge in [-0.1, -0.05) is 54.6 Å². The lowest BCUT2D eigenvalue weighted by molar-refractivity contribution is 0.473. The van der Waals surface area contributed by atoms with Gasteiger partial charge in [0, 0.05) is 16.8 Å². The third kappa shape index (κ3) is 4.68. The summed E-state index contributed by atoms with van der Waals surface area (Å²) in [5, 5.41) is 9.84. The molecule has 0 fully saturated rings. The number of hydrogen-bond donors (Lipinski definition) is 4. The van der Waals surface area contributed by atoms with Crippen LogP contribution in [0.15, 0.2) is 84.2 Å². The highest BCUT2D eigenvalue weighted by Crippen LogP contribution is 2.22. The molecule has 2 aromatic carbocycles. The first-order valence-electron chi connectivity index (χ1n) is 7.29. The van der Waals surface area contributed by atoms with Crippen molar-refractivity contribution in [1.82, 2.24) is 0 Å².